The van der Waals surface area contributed by atoms with Crippen molar-refractivity contribution in [3.05, 3.63) is 75.7 Å². The number of halogens is 1. The maximum absolute atomic E-state index is 13.0. The van der Waals surface area contributed by atoms with Gasteiger partial charge in [-0.15, -0.1) is 0 Å². The summed E-state index contributed by atoms with van der Waals surface area (Å²) in [6.07, 6.45) is -0.0276. The third-order valence-electron chi connectivity index (χ3n) is 5.01. The maximum Gasteiger partial charge on any atom is 0.297 e. The van der Waals surface area contributed by atoms with Gasteiger partial charge >= 0.3 is 0 Å². The van der Waals surface area contributed by atoms with Crippen LogP contribution in [-0.4, -0.2) is 31.6 Å². The molecule has 1 saturated heterocycles. The molecule has 2 N–H and O–H groups in total. The van der Waals surface area contributed by atoms with E-state index in [1.807, 2.05) is 30.3 Å². The van der Waals surface area contributed by atoms with Gasteiger partial charge in [-0.25, -0.2) is 9.67 Å². The Kier molecular flexibility index (Phi) is 6.20. The molecule has 8 nitrogen and oxygen atoms in total. The topological polar surface area (TPSA) is 97.5 Å². The molecule has 4 rings (SSSR count). The zero-order valence-electron chi connectivity index (χ0n) is 17.3. The predicted molar refractivity (Wildman–Crippen MR) is 127 cm³/mol. The second-order valence-electron chi connectivity index (χ2n) is 7.18. The molecule has 1 atom stereocenters. The van der Waals surface area contributed by atoms with E-state index in [-0.39, 0.29) is 29.5 Å². The molecule has 0 spiro atoms. The minimum absolute atomic E-state index is 0.0276. The van der Waals surface area contributed by atoms with Crippen LogP contribution >= 0.6 is 23.4 Å². The molecule has 1 fully saturated rings. The van der Waals surface area contributed by atoms with Gasteiger partial charge in [0.25, 0.3) is 5.56 Å². The lowest BCUT2D eigenvalue weighted by molar-refractivity contribution is -0.122. The highest BCUT2D eigenvalue weighted by molar-refractivity contribution is 8.15. The lowest BCUT2D eigenvalue weighted by Gasteiger charge is -2.07. The molecule has 0 saturated carbocycles. The van der Waals surface area contributed by atoms with Gasteiger partial charge in [-0.05, 0) is 43.3 Å². The number of nitrogens with zero attached hydrogens (tertiary/aromatic N) is 3. The van der Waals surface area contributed by atoms with E-state index in [2.05, 4.69) is 15.6 Å². The molecule has 0 radical (unpaired) electrons. The molecular formula is C22H20ClN5O3S. The summed E-state index contributed by atoms with van der Waals surface area (Å²) in [7, 11) is 1.78. The van der Waals surface area contributed by atoms with Gasteiger partial charge in [-0.3, -0.25) is 19.1 Å². The largest absolute Gasteiger partial charge is 0.326 e. The number of thioether (sulfide) groups is 1. The molecular weight excluding hydrogens is 450 g/mol. The van der Waals surface area contributed by atoms with Crippen LogP contribution in [0.2, 0.25) is 5.02 Å². The number of aliphatic imine (C=N–C) groups is 1. The van der Waals surface area contributed by atoms with Crippen molar-refractivity contribution in [1.82, 2.24) is 14.7 Å². The average Bonchev–Trinajstić information content (AvgIpc) is 3.21. The normalized spacial score (nSPS) is 16.9. The second-order valence-corrected chi connectivity index (χ2v) is 8.81. The molecule has 0 bridgehead atoms. The van der Waals surface area contributed by atoms with Crippen LogP contribution in [-0.2, 0) is 16.6 Å². The summed E-state index contributed by atoms with van der Waals surface area (Å²) < 4.78 is 3.24. The number of nitrogens with one attached hydrogen (secondary N) is 2. The Morgan fingerprint density at radius 3 is 2.53 bits per heavy atom. The Hall–Kier alpha value is -3.30. The van der Waals surface area contributed by atoms with Gasteiger partial charge in [-0.1, -0.05) is 41.6 Å². The highest BCUT2D eigenvalue weighted by Crippen LogP contribution is 2.26. The minimum Gasteiger partial charge on any atom is -0.326 e. The number of amidine groups is 1. The fourth-order valence-corrected chi connectivity index (χ4v) is 4.39. The van der Waals surface area contributed by atoms with E-state index in [1.54, 1.807) is 42.9 Å². The van der Waals surface area contributed by atoms with Crippen LogP contribution in [0.15, 0.2) is 64.4 Å². The van der Waals surface area contributed by atoms with Crippen LogP contribution in [0.1, 0.15) is 12.1 Å². The Labute approximate surface area is 193 Å². The Morgan fingerprint density at radius 1 is 1.16 bits per heavy atom. The van der Waals surface area contributed by atoms with E-state index in [1.165, 1.54) is 4.68 Å². The first-order valence-corrected chi connectivity index (χ1v) is 11.0. The summed E-state index contributed by atoms with van der Waals surface area (Å²) in [6.45, 7) is 1.79. The van der Waals surface area contributed by atoms with Gasteiger partial charge in [0.1, 0.15) is 5.25 Å². The summed E-state index contributed by atoms with van der Waals surface area (Å²) in [4.78, 5) is 42.1. The quantitative estimate of drug-likeness (QED) is 0.598. The number of hydrogen-bond acceptors (Lipinski definition) is 5. The number of hydrogen-bond donors (Lipinski definition) is 2. The molecule has 1 aliphatic rings. The molecule has 1 aliphatic heterocycles. The van der Waals surface area contributed by atoms with Crippen molar-refractivity contribution in [2.24, 2.45) is 12.0 Å². The van der Waals surface area contributed by atoms with Crippen molar-refractivity contribution in [2.75, 3.05) is 5.32 Å². The molecule has 3 aromatic rings. The van der Waals surface area contributed by atoms with Crippen molar-refractivity contribution in [2.45, 2.75) is 18.6 Å². The molecule has 2 heterocycles. The molecule has 0 aliphatic carbocycles. The molecule has 1 aromatic heterocycles. The van der Waals surface area contributed by atoms with E-state index in [0.717, 1.165) is 17.4 Å². The molecule has 2 aromatic carbocycles. The zero-order valence-corrected chi connectivity index (χ0v) is 18.9. The van der Waals surface area contributed by atoms with Gasteiger partial charge in [0.05, 0.1) is 11.4 Å². The van der Waals surface area contributed by atoms with Crippen LogP contribution in [0.4, 0.5) is 11.4 Å². The number of aromatic nitrogens is 2. The number of benzene rings is 2. The first-order chi connectivity index (χ1) is 15.3. The monoisotopic (exact) mass is 469 g/mol. The molecule has 164 valence electrons. The summed E-state index contributed by atoms with van der Waals surface area (Å²) in [5.41, 5.74) is 1.92. The van der Waals surface area contributed by atoms with Crippen LogP contribution in [0.25, 0.3) is 5.69 Å². The molecule has 0 unspecified atom stereocenters. The second kappa shape index (κ2) is 9.05. The number of carbonyl (C=O) groups excluding carboxylic acids is 2. The van der Waals surface area contributed by atoms with E-state index in [0.29, 0.717) is 21.6 Å². The number of carbonyl (C=O) groups is 2. The van der Waals surface area contributed by atoms with Gasteiger partial charge < -0.3 is 10.6 Å². The third-order valence-corrected chi connectivity index (χ3v) is 6.35. The number of rotatable bonds is 5. The number of para-hydroxylation sites is 1. The van der Waals surface area contributed by atoms with Crippen LogP contribution in [0, 0.1) is 6.92 Å². The Morgan fingerprint density at radius 2 is 1.84 bits per heavy atom. The number of anilines is 1. The summed E-state index contributed by atoms with van der Waals surface area (Å²) in [5, 5.41) is 5.64. The SMILES string of the molecule is Cc1c(N=C2NC(=O)[C@@H](CC(=O)Nc3ccc(Cl)cc3)S2)c(=O)n(-c2ccccc2)n1C. The first-order valence-electron chi connectivity index (χ1n) is 9.79. The van der Waals surface area contributed by atoms with Crippen molar-refractivity contribution in [1.29, 1.82) is 0 Å². The van der Waals surface area contributed by atoms with Gasteiger partial charge in [0.2, 0.25) is 11.8 Å². The smallest absolute Gasteiger partial charge is 0.297 e. The van der Waals surface area contributed by atoms with Crippen molar-refractivity contribution in [3.63, 3.8) is 0 Å². The van der Waals surface area contributed by atoms with Gasteiger partial charge in [-0.2, -0.15) is 0 Å². The van der Waals surface area contributed by atoms with E-state index in [4.69, 9.17) is 11.6 Å². The van der Waals surface area contributed by atoms with Gasteiger partial charge in [0.15, 0.2) is 10.9 Å². The van der Waals surface area contributed by atoms with Crippen molar-refractivity contribution >= 4 is 51.7 Å². The standard InChI is InChI=1S/C22H20ClN5O3S/c1-13-19(21(31)28(27(13)2)16-6-4-3-5-7-16)25-22-26-20(30)17(32-22)12-18(29)24-15-10-8-14(23)9-11-15/h3-11,17H,12H2,1-2H3,(H,24,29)(H,25,26,30)/t17-/m1/s1. The minimum atomic E-state index is -0.638. The third kappa shape index (κ3) is 4.49. The van der Waals surface area contributed by atoms with Crippen LogP contribution in [0.5, 0.6) is 0 Å². The van der Waals surface area contributed by atoms with E-state index < -0.39 is 5.25 Å². The highest BCUT2D eigenvalue weighted by Gasteiger charge is 2.32. The molecule has 10 heteroatoms. The summed E-state index contributed by atoms with van der Waals surface area (Å²) >= 11 is 6.98. The molecule has 32 heavy (non-hydrogen) atoms. The Balaban J connectivity index is 1.51. The van der Waals surface area contributed by atoms with Crippen molar-refractivity contribution < 1.29 is 9.59 Å². The predicted octanol–water partition coefficient (Wildman–Crippen LogP) is 3.39. The fraction of sp³-hybridized carbons (Fsp3) is 0.182. The first kappa shape index (κ1) is 21.9. The lowest BCUT2D eigenvalue weighted by Crippen LogP contribution is -2.28. The fourth-order valence-electron chi connectivity index (χ4n) is 3.29. The number of amides is 2. The van der Waals surface area contributed by atoms with E-state index >= 15 is 0 Å². The van der Waals surface area contributed by atoms with Gasteiger partial charge in [0, 0.05) is 24.2 Å². The summed E-state index contributed by atoms with van der Waals surface area (Å²) in [6, 6.07) is 15.9. The Bertz CT molecular complexity index is 1270. The van der Waals surface area contributed by atoms with Crippen LogP contribution < -0.4 is 16.2 Å². The lowest BCUT2D eigenvalue weighted by atomic mass is 10.2. The average molecular weight is 470 g/mol. The summed E-state index contributed by atoms with van der Waals surface area (Å²) in [5.74, 6) is -0.625. The highest BCUT2D eigenvalue weighted by atomic mass is 35.5. The zero-order chi connectivity index (χ0) is 22.8. The van der Waals surface area contributed by atoms with Crippen LogP contribution in [0.3, 0.4) is 0 Å². The van der Waals surface area contributed by atoms with E-state index in [9.17, 15) is 14.4 Å². The molecule has 2 amide bonds. The maximum atomic E-state index is 13.0. The van der Waals surface area contributed by atoms with Crippen molar-refractivity contribution in [3.8, 4) is 5.69 Å².